The third-order valence-corrected chi connectivity index (χ3v) is 6.32. The van der Waals surface area contributed by atoms with Crippen LogP contribution in [0.5, 0.6) is 11.5 Å². The summed E-state index contributed by atoms with van der Waals surface area (Å²) in [6.45, 7) is 4.39. The molecule has 0 spiro atoms. The van der Waals surface area contributed by atoms with Crippen molar-refractivity contribution in [1.29, 1.82) is 0 Å². The number of nitrogens with one attached hydrogen (secondary N) is 1. The molecule has 1 N–H and O–H groups in total. The number of likely N-dealkylation sites (tertiary alicyclic amines) is 1. The summed E-state index contributed by atoms with van der Waals surface area (Å²) in [4.78, 5) is 5.21. The normalized spacial score (nSPS) is 18.5. The van der Waals surface area contributed by atoms with Crippen molar-refractivity contribution in [3.63, 3.8) is 0 Å². The predicted octanol–water partition coefficient (Wildman–Crippen LogP) is 2.15. The molecule has 0 saturated carbocycles. The van der Waals surface area contributed by atoms with Gasteiger partial charge in [0.2, 0.25) is 10.0 Å². The van der Waals surface area contributed by atoms with Gasteiger partial charge < -0.3 is 14.4 Å². The Bertz CT molecular complexity index is 787. The SMILES string of the molecule is [N-]=[N+]=NCC1CCN(CCNS(=O)(=O)c2ccc3c(c2)OCCCO3)CC1. The van der Waals surface area contributed by atoms with Crippen LogP contribution in [-0.2, 0) is 10.0 Å². The highest BCUT2D eigenvalue weighted by Crippen LogP contribution is 2.31. The van der Waals surface area contributed by atoms with Crippen molar-refractivity contribution >= 4 is 10.0 Å². The van der Waals surface area contributed by atoms with Gasteiger partial charge in [0.25, 0.3) is 0 Å². The Labute approximate surface area is 159 Å². The van der Waals surface area contributed by atoms with Crippen molar-refractivity contribution in [2.24, 2.45) is 11.0 Å². The van der Waals surface area contributed by atoms with Crippen molar-refractivity contribution in [1.82, 2.24) is 9.62 Å². The Kier molecular flexibility index (Phi) is 6.78. The minimum absolute atomic E-state index is 0.180. The minimum atomic E-state index is -3.60. The Morgan fingerprint density at radius 3 is 2.70 bits per heavy atom. The number of piperidine rings is 1. The Hall–Kier alpha value is -2.00. The second-order valence-corrected chi connectivity index (χ2v) is 8.52. The molecule has 1 fully saturated rings. The maximum atomic E-state index is 12.5. The number of rotatable bonds is 7. The lowest BCUT2D eigenvalue weighted by Gasteiger charge is -2.31. The lowest BCUT2D eigenvalue weighted by Crippen LogP contribution is -2.40. The third kappa shape index (κ3) is 5.49. The Balaban J connectivity index is 1.49. The van der Waals surface area contributed by atoms with Crippen LogP contribution < -0.4 is 14.2 Å². The summed E-state index contributed by atoms with van der Waals surface area (Å²) in [6, 6.07) is 4.70. The maximum Gasteiger partial charge on any atom is 0.240 e. The van der Waals surface area contributed by atoms with Crippen molar-refractivity contribution < 1.29 is 17.9 Å². The summed E-state index contributed by atoms with van der Waals surface area (Å²) in [5.41, 5.74) is 8.38. The topological polar surface area (TPSA) is 117 Å². The number of fused-ring (bicyclic) bond motifs is 1. The molecule has 9 nitrogen and oxygen atoms in total. The van der Waals surface area contributed by atoms with Gasteiger partial charge >= 0.3 is 0 Å². The van der Waals surface area contributed by atoms with Crippen LogP contribution in [0.4, 0.5) is 0 Å². The van der Waals surface area contributed by atoms with E-state index in [9.17, 15) is 8.42 Å². The fraction of sp³-hybridized carbons (Fsp3) is 0.647. The summed E-state index contributed by atoms with van der Waals surface area (Å²) in [5.74, 6) is 1.48. The van der Waals surface area contributed by atoms with Crippen molar-refractivity contribution in [3.8, 4) is 11.5 Å². The van der Waals surface area contributed by atoms with Gasteiger partial charge in [0, 0.05) is 37.0 Å². The Morgan fingerprint density at radius 2 is 1.96 bits per heavy atom. The van der Waals surface area contributed by atoms with E-state index in [1.165, 1.54) is 12.1 Å². The fourth-order valence-corrected chi connectivity index (χ4v) is 4.31. The third-order valence-electron chi connectivity index (χ3n) is 4.86. The average molecular weight is 395 g/mol. The summed E-state index contributed by atoms with van der Waals surface area (Å²) in [7, 11) is -3.60. The zero-order chi connectivity index (χ0) is 19.1. The molecule has 3 rings (SSSR count). The van der Waals surface area contributed by atoms with Crippen LogP contribution in [0.15, 0.2) is 28.2 Å². The number of nitrogens with zero attached hydrogens (tertiary/aromatic N) is 4. The standard InChI is InChI=1S/C17H25N5O4S/c18-21-19-13-14-4-7-22(8-5-14)9-6-20-27(23,24)15-2-3-16-17(12-15)26-11-1-10-25-16/h2-3,12,14,20H,1,4-11,13H2. The summed E-state index contributed by atoms with van der Waals surface area (Å²) < 4.78 is 38.8. The highest BCUT2D eigenvalue weighted by atomic mass is 32.2. The van der Waals surface area contributed by atoms with Crippen molar-refractivity contribution in [3.05, 3.63) is 28.6 Å². The molecule has 0 unspecified atom stereocenters. The van der Waals surface area contributed by atoms with Gasteiger partial charge in [-0.1, -0.05) is 5.11 Å². The van der Waals surface area contributed by atoms with E-state index in [1.807, 2.05) is 0 Å². The van der Waals surface area contributed by atoms with Crippen LogP contribution in [0.2, 0.25) is 0 Å². The highest BCUT2D eigenvalue weighted by molar-refractivity contribution is 7.89. The lowest BCUT2D eigenvalue weighted by molar-refractivity contribution is 0.190. The molecule has 2 aliphatic rings. The van der Waals surface area contributed by atoms with Crippen LogP contribution in [0.3, 0.4) is 0 Å². The molecule has 27 heavy (non-hydrogen) atoms. The van der Waals surface area contributed by atoms with Crippen molar-refractivity contribution in [2.75, 3.05) is 45.9 Å². The first-order chi connectivity index (χ1) is 13.1. The molecule has 2 heterocycles. The summed E-state index contributed by atoms with van der Waals surface area (Å²) >= 11 is 0. The summed E-state index contributed by atoms with van der Waals surface area (Å²) in [6.07, 6.45) is 2.70. The molecule has 1 aromatic carbocycles. The Morgan fingerprint density at radius 1 is 1.22 bits per heavy atom. The van der Waals surface area contributed by atoms with Crippen LogP contribution in [0.1, 0.15) is 19.3 Å². The molecule has 1 saturated heterocycles. The van der Waals surface area contributed by atoms with Crippen LogP contribution in [-0.4, -0.2) is 59.3 Å². The number of hydrogen-bond acceptors (Lipinski definition) is 6. The zero-order valence-corrected chi connectivity index (χ0v) is 16.0. The fourth-order valence-electron chi connectivity index (χ4n) is 3.28. The van der Waals surface area contributed by atoms with E-state index in [2.05, 4.69) is 19.6 Å². The van der Waals surface area contributed by atoms with Gasteiger partial charge in [0.05, 0.1) is 18.1 Å². The van der Waals surface area contributed by atoms with Crippen LogP contribution >= 0.6 is 0 Å². The predicted molar refractivity (Wildman–Crippen MR) is 100 cm³/mol. The van der Waals surface area contributed by atoms with E-state index >= 15 is 0 Å². The number of azide groups is 1. The summed E-state index contributed by atoms with van der Waals surface area (Å²) in [5, 5.41) is 3.64. The number of ether oxygens (including phenoxy) is 2. The molecule has 0 aromatic heterocycles. The first-order valence-electron chi connectivity index (χ1n) is 9.21. The average Bonchev–Trinajstić information content (AvgIpc) is 2.92. The first-order valence-corrected chi connectivity index (χ1v) is 10.7. The van der Waals surface area contributed by atoms with E-state index in [0.29, 0.717) is 50.3 Å². The molecule has 0 amide bonds. The van der Waals surface area contributed by atoms with Gasteiger partial charge in [-0.05, 0) is 49.5 Å². The largest absolute Gasteiger partial charge is 0.490 e. The molecule has 1 aromatic rings. The van der Waals surface area contributed by atoms with Gasteiger partial charge in [-0.25, -0.2) is 13.1 Å². The molecule has 2 aliphatic heterocycles. The van der Waals surface area contributed by atoms with E-state index in [1.54, 1.807) is 6.07 Å². The first kappa shape index (κ1) is 19.8. The van der Waals surface area contributed by atoms with Crippen LogP contribution in [0, 0.1) is 5.92 Å². The van der Waals surface area contributed by atoms with E-state index < -0.39 is 10.0 Å². The van der Waals surface area contributed by atoms with Crippen molar-refractivity contribution in [2.45, 2.75) is 24.2 Å². The second kappa shape index (κ2) is 9.27. The molecule has 10 heteroatoms. The smallest absolute Gasteiger partial charge is 0.240 e. The van der Waals surface area contributed by atoms with Gasteiger partial charge in [-0.15, -0.1) is 0 Å². The number of sulfonamides is 1. The van der Waals surface area contributed by atoms with Gasteiger partial charge in [-0.2, -0.15) is 0 Å². The molecule has 0 aliphatic carbocycles. The number of benzene rings is 1. The maximum absolute atomic E-state index is 12.5. The monoisotopic (exact) mass is 395 g/mol. The van der Waals surface area contributed by atoms with E-state index in [0.717, 1.165) is 32.4 Å². The minimum Gasteiger partial charge on any atom is -0.490 e. The molecule has 0 atom stereocenters. The molecule has 0 radical (unpaired) electrons. The zero-order valence-electron chi connectivity index (χ0n) is 15.2. The molecule has 148 valence electrons. The molecular formula is C17H25N5O4S. The van der Waals surface area contributed by atoms with Gasteiger partial charge in [-0.3, -0.25) is 0 Å². The van der Waals surface area contributed by atoms with Gasteiger partial charge in [0.15, 0.2) is 11.5 Å². The lowest BCUT2D eigenvalue weighted by atomic mass is 9.97. The van der Waals surface area contributed by atoms with Gasteiger partial charge in [0.1, 0.15) is 0 Å². The number of hydrogen-bond donors (Lipinski definition) is 1. The van der Waals surface area contributed by atoms with Crippen LogP contribution in [0.25, 0.3) is 10.4 Å². The highest BCUT2D eigenvalue weighted by Gasteiger charge is 2.21. The quantitative estimate of drug-likeness (QED) is 0.431. The van der Waals surface area contributed by atoms with E-state index in [-0.39, 0.29) is 4.90 Å². The molecular weight excluding hydrogens is 370 g/mol. The molecule has 0 bridgehead atoms. The second-order valence-electron chi connectivity index (χ2n) is 6.76. The van der Waals surface area contributed by atoms with E-state index in [4.69, 9.17) is 15.0 Å².